The summed E-state index contributed by atoms with van der Waals surface area (Å²) in [7, 11) is 0. The van der Waals surface area contributed by atoms with Gasteiger partial charge in [0.2, 0.25) is 11.8 Å². The van der Waals surface area contributed by atoms with Gasteiger partial charge in [0.05, 0.1) is 5.69 Å². The first-order valence-electron chi connectivity index (χ1n) is 11.0. The summed E-state index contributed by atoms with van der Waals surface area (Å²) in [6.07, 6.45) is 4.38. The summed E-state index contributed by atoms with van der Waals surface area (Å²) in [5, 5.41) is 3.84. The third kappa shape index (κ3) is 5.42. The molecule has 1 aromatic carbocycles. The van der Waals surface area contributed by atoms with Crippen molar-refractivity contribution < 1.29 is 9.21 Å². The largest absolute Gasteiger partial charge is 0.441 e. The lowest BCUT2D eigenvalue weighted by Crippen LogP contribution is -2.42. The quantitative estimate of drug-likeness (QED) is 0.725. The van der Waals surface area contributed by atoms with Crippen molar-refractivity contribution in [3.8, 4) is 11.5 Å². The highest BCUT2D eigenvalue weighted by Crippen LogP contribution is 2.25. The SMILES string of the molecule is Cc1oc(-c2ccc(Cl)cc2)nc1CN1CCC(C(=O)NCCN2CCCC2)CC1. The molecule has 0 bridgehead atoms. The molecular weight excluding hydrogens is 400 g/mol. The first-order valence-corrected chi connectivity index (χ1v) is 11.4. The van der Waals surface area contributed by atoms with Crippen molar-refractivity contribution in [2.75, 3.05) is 39.3 Å². The molecule has 1 N–H and O–H groups in total. The number of oxazole rings is 1. The maximum absolute atomic E-state index is 12.5. The molecule has 7 heteroatoms. The molecule has 2 aromatic rings. The van der Waals surface area contributed by atoms with Crippen LogP contribution in [0.1, 0.15) is 37.1 Å². The second-order valence-corrected chi connectivity index (χ2v) is 8.86. The molecular formula is C23H31ClN4O2. The highest BCUT2D eigenvalue weighted by molar-refractivity contribution is 6.30. The van der Waals surface area contributed by atoms with Crippen LogP contribution in [-0.4, -0.2) is 60.0 Å². The van der Waals surface area contributed by atoms with Crippen molar-refractivity contribution in [1.82, 2.24) is 20.1 Å². The molecule has 0 radical (unpaired) electrons. The van der Waals surface area contributed by atoms with E-state index in [4.69, 9.17) is 21.0 Å². The summed E-state index contributed by atoms with van der Waals surface area (Å²) in [5.74, 6) is 1.83. The summed E-state index contributed by atoms with van der Waals surface area (Å²) < 4.78 is 5.88. The van der Waals surface area contributed by atoms with Crippen LogP contribution in [0.2, 0.25) is 5.02 Å². The van der Waals surface area contributed by atoms with Crippen LogP contribution in [0, 0.1) is 12.8 Å². The fourth-order valence-corrected chi connectivity index (χ4v) is 4.47. The highest BCUT2D eigenvalue weighted by atomic mass is 35.5. The number of hydrogen-bond acceptors (Lipinski definition) is 5. The molecule has 4 rings (SSSR count). The predicted octanol–water partition coefficient (Wildman–Crippen LogP) is 3.73. The van der Waals surface area contributed by atoms with E-state index in [1.165, 1.54) is 25.9 Å². The fourth-order valence-electron chi connectivity index (χ4n) is 4.34. The van der Waals surface area contributed by atoms with Gasteiger partial charge in [-0.05, 0) is 83.1 Å². The number of rotatable bonds is 7. The lowest BCUT2D eigenvalue weighted by atomic mass is 9.96. The summed E-state index contributed by atoms with van der Waals surface area (Å²) >= 11 is 5.97. The van der Waals surface area contributed by atoms with E-state index in [1.54, 1.807) is 0 Å². The molecule has 3 heterocycles. The number of carbonyl (C=O) groups is 1. The molecule has 2 aliphatic rings. The van der Waals surface area contributed by atoms with Crippen LogP contribution in [0.4, 0.5) is 0 Å². The Morgan fingerprint density at radius 1 is 1.13 bits per heavy atom. The van der Waals surface area contributed by atoms with Crippen molar-refractivity contribution >= 4 is 17.5 Å². The molecule has 2 fully saturated rings. The summed E-state index contributed by atoms with van der Waals surface area (Å²) in [6, 6.07) is 7.53. The summed E-state index contributed by atoms with van der Waals surface area (Å²) in [4.78, 5) is 22.0. The van der Waals surface area contributed by atoms with E-state index in [0.29, 0.717) is 10.9 Å². The summed E-state index contributed by atoms with van der Waals surface area (Å²) in [5.41, 5.74) is 1.89. The molecule has 2 saturated heterocycles. The number of nitrogens with one attached hydrogen (secondary N) is 1. The average molecular weight is 431 g/mol. The van der Waals surface area contributed by atoms with E-state index >= 15 is 0 Å². The van der Waals surface area contributed by atoms with Crippen LogP contribution in [0.25, 0.3) is 11.5 Å². The number of hydrogen-bond donors (Lipinski definition) is 1. The van der Waals surface area contributed by atoms with Gasteiger partial charge in [-0.1, -0.05) is 11.6 Å². The maximum Gasteiger partial charge on any atom is 0.226 e. The van der Waals surface area contributed by atoms with Crippen LogP contribution < -0.4 is 5.32 Å². The van der Waals surface area contributed by atoms with Gasteiger partial charge in [-0.15, -0.1) is 0 Å². The minimum Gasteiger partial charge on any atom is -0.441 e. The van der Waals surface area contributed by atoms with Crippen molar-refractivity contribution in [3.05, 3.63) is 40.7 Å². The normalized spacial score (nSPS) is 18.7. The lowest BCUT2D eigenvalue weighted by Gasteiger charge is -2.30. The molecule has 0 unspecified atom stereocenters. The Balaban J connectivity index is 1.23. The third-order valence-electron chi connectivity index (χ3n) is 6.24. The number of aromatic nitrogens is 1. The van der Waals surface area contributed by atoms with Gasteiger partial charge < -0.3 is 14.6 Å². The Morgan fingerprint density at radius 2 is 1.83 bits per heavy atom. The van der Waals surface area contributed by atoms with E-state index in [0.717, 1.165) is 62.6 Å². The van der Waals surface area contributed by atoms with Crippen LogP contribution in [0.15, 0.2) is 28.7 Å². The van der Waals surface area contributed by atoms with Gasteiger partial charge in [-0.25, -0.2) is 4.98 Å². The first kappa shape index (κ1) is 21.3. The predicted molar refractivity (Wildman–Crippen MR) is 118 cm³/mol. The smallest absolute Gasteiger partial charge is 0.226 e. The highest BCUT2D eigenvalue weighted by Gasteiger charge is 2.26. The second kappa shape index (κ2) is 9.94. The van der Waals surface area contributed by atoms with Crippen molar-refractivity contribution in [3.63, 3.8) is 0 Å². The Labute approximate surface area is 183 Å². The fraction of sp³-hybridized carbons (Fsp3) is 0.565. The molecule has 1 amide bonds. The topological polar surface area (TPSA) is 61.6 Å². The maximum atomic E-state index is 12.5. The number of piperidine rings is 1. The molecule has 0 spiro atoms. The van der Waals surface area contributed by atoms with E-state index in [9.17, 15) is 4.79 Å². The Morgan fingerprint density at radius 3 is 2.53 bits per heavy atom. The van der Waals surface area contributed by atoms with Gasteiger partial charge in [0.25, 0.3) is 0 Å². The third-order valence-corrected chi connectivity index (χ3v) is 6.49. The van der Waals surface area contributed by atoms with E-state index in [1.807, 2.05) is 31.2 Å². The zero-order valence-corrected chi connectivity index (χ0v) is 18.5. The number of aryl methyl sites for hydroxylation is 1. The first-order chi connectivity index (χ1) is 14.6. The molecule has 30 heavy (non-hydrogen) atoms. The zero-order chi connectivity index (χ0) is 20.9. The standard InChI is InChI=1S/C23H31ClN4O2/c1-17-21(26-23(30-17)19-4-6-20(24)7-5-19)16-28-13-8-18(9-14-28)22(29)25-10-15-27-11-2-3-12-27/h4-7,18H,2-3,8-16H2,1H3,(H,25,29). The monoisotopic (exact) mass is 430 g/mol. The second-order valence-electron chi connectivity index (χ2n) is 8.42. The van der Waals surface area contributed by atoms with Crippen molar-refractivity contribution in [1.29, 1.82) is 0 Å². The molecule has 6 nitrogen and oxygen atoms in total. The number of halogens is 1. The van der Waals surface area contributed by atoms with Crippen LogP contribution in [-0.2, 0) is 11.3 Å². The average Bonchev–Trinajstić information content (AvgIpc) is 3.39. The summed E-state index contributed by atoms with van der Waals surface area (Å²) in [6.45, 7) is 8.63. The van der Waals surface area contributed by atoms with Gasteiger partial charge in [0, 0.05) is 36.1 Å². The van der Waals surface area contributed by atoms with E-state index in [-0.39, 0.29) is 11.8 Å². The Kier molecular flexibility index (Phi) is 7.08. The van der Waals surface area contributed by atoms with Gasteiger partial charge in [-0.2, -0.15) is 0 Å². The molecule has 2 aliphatic heterocycles. The van der Waals surface area contributed by atoms with Gasteiger partial charge >= 0.3 is 0 Å². The minimum absolute atomic E-state index is 0.128. The molecule has 0 atom stereocenters. The van der Waals surface area contributed by atoms with Crippen molar-refractivity contribution in [2.45, 2.75) is 39.2 Å². The number of benzene rings is 1. The number of nitrogens with zero attached hydrogens (tertiary/aromatic N) is 3. The molecule has 0 saturated carbocycles. The Hall–Kier alpha value is -1.89. The molecule has 162 valence electrons. The zero-order valence-electron chi connectivity index (χ0n) is 17.7. The van der Waals surface area contributed by atoms with Crippen LogP contribution in [0.5, 0.6) is 0 Å². The van der Waals surface area contributed by atoms with Crippen molar-refractivity contribution in [2.24, 2.45) is 5.92 Å². The van der Waals surface area contributed by atoms with Gasteiger partial charge in [0.15, 0.2) is 0 Å². The number of carbonyl (C=O) groups excluding carboxylic acids is 1. The van der Waals surface area contributed by atoms with Gasteiger partial charge in [-0.3, -0.25) is 9.69 Å². The van der Waals surface area contributed by atoms with Crippen LogP contribution in [0.3, 0.4) is 0 Å². The Bertz CT molecular complexity index is 837. The van der Waals surface area contributed by atoms with Crippen LogP contribution >= 0.6 is 11.6 Å². The number of amides is 1. The number of likely N-dealkylation sites (tertiary alicyclic amines) is 2. The van der Waals surface area contributed by atoms with Gasteiger partial charge in [0.1, 0.15) is 5.76 Å². The molecule has 0 aliphatic carbocycles. The van der Waals surface area contributed by atoms with E-state index in [2.05, 4.69) is 15.1 Å². The minimum atomic E-state index is 0.128. The van der Waals surface area contributed by atoms with E-state index < -0.39 is 0 Å². The molecule has 1 aromatic heterocycles. The lowest BCUT2D eigenvalue weighted by molar-refractivity contribution is -0.126.